The summed E-state index contributed by atoms with van der Waals surface area (Å²) in [7, 11) is 0. The molecule has 2 aromatic carbocycles. The first kappa shape index (κ1) is 21.8. The Morgan fingerprint density at radius 1 is 0.743 bits per heavy atom. The van der Waals surface area contributed by atoms with Crippen LogP contribution in [-0.4, -0.2) is 25.4 Å². The fraction of sp³-hybridized carbons (Fsp3) is 0.0370. The maximum absolute atomic E-state index is 12.7. The van der Waals surface area contributed by atoms with Gasteiger partial charge in [0.2, 0.25) is 0 Å². The number of amides is 1. The first-order chi connectivity index (χ1) is 17.1. The number of hydrogen-bond acceptors (Lipinski definition) is 6. The van der Waals surface area contributed by atoms with Gasteiger partial charge in [0.25, 0.3) is 5.91 Å². The molecule has 0 atom stereocenters. The second kappa shape index (κ2) is 9.88. The lowest BCUT2D eigenvalue weighted by Crippen LogP contribution is -2.11. The van der Waals surface area contributed by atoms with E-state index in [9.17, 15) is 4.79 Å². The van der Waals surface area contributed by atoms with E-state index >= 15 is 0 Å². The van der Waals surface area contributed by atoms with Gasteiger partial charge in [-0.25, -0.2) is 15.0 Å². The largest absolute Gasteiger partial charge is 0.340 e. The predicted molar refractivity (Wildman–Crippen MR) is 138 cm³/mol. The van der Waals surface area contributed by atoms with Gasteiger partial charge in [-0.2, -0.15) is 0 Å². The van der Waals surface area contributed by atoms with Gasteiger partial charge < -0.3 is 20.5 Å². The molecule has 0 saturated carbocycles. The van der Waals surface area contributed by atoms with Crippen LogP contribution in [0.3, 0.4) is 0 Å². The maximum atomic E-state index is 12.7. The van der Waals surface area contributed by atoms with Gasteiger partial charge in [0.15, 0.2) is 0 Å². The third-order valence-electron chi connectivity index (χ3n) is 5.21. The number of benzene rings is 2. The van der Waals surface area contributed by atoms with Gasteiger partial charge in [0, 0.05) is 47.3 Å². The van der Waals surface area contributed by atoms with Crippen molar-refractivity contribution in [3.8, 4) is 5.69 Å². The average Bonchev–Trinajstić information content (AvgIpc) is 3.41. The van der Waals surface area contributed by atoms with E-state index in [0.717, 1.165) is 11.4 Å². The summed E-state index contributed by atoms with van der Waals surface area (Å²) in [6, 6.07) is 26.3. The van der Waals surface area contributed by atoms with Crippen LogP contribution in [0.4, 0.5) is 28.8 Å². The molecule has 35 heavy (non-hydrogen) atoms. The van der Waals surface area contributed by atoms with Gasteiger partial charge in [-0.1, -0.05) is 6.07 Å². The molecule has 172 valence electrons. The number of rotatable bonds is 7. The molecule has 8 heteroatoms. The lowest BCUT2D eigenvalue weighted by molar-refractivity contribution is 0.102. The summed E-state index contributed by atoms with van der Waals surface area (Å²) in [5.41, 5.74) is 3.13. The van der Waals surface area contributed by atoms with Crippen molar-refractivity contribution < 1.29 is 4.79 Å². The zero-order valence-electron chi connectivity index (χ0n) is 19.0. The summed E-state index contributed by atoms with van der Waals surface area (Å²) in [6.07, 6.45) is 5.64. The Morgan fingerprint density at radius 2 is 1.43 bits per heavy atom. The van der Waals surface area contributed by atoms with Crippen molar-refractivity contribution in [2.45, 2.75) is 6.92 Å². The molecule has 0 unspecified atom stereocenters. The SMILES string of the molecule is Cc1nc(Nc2ccc(NC(=O)c3ccc(-n4cccc4)cc3)cc2)cc(Nc2ccccn2)n1. The van der Waals surface area contributed by atoms with Gasteiger partial charge in [0.1, 0.15) is 23.3 Å². The highest BCUT2D eigenvalue weighted by atomic mass is 16.1. The van der Waals surface area contributed by atoms with Crippen molar-refractivity contribution in [2.24, 2.45) is 0 Å². The summed E-state index contributed by atoms with van der Waals surface area (Å²) in [5, 5.41) is 9.39. The van der Waals surface area contributed by atoms with Crippen LogP contribution in [0.2, 0.25) is 0 Å². The molecular formula is C27H23N7O. The zero-order valence-corrected chi connectivity index (χ0v) is 19.0. The van der Waals surface area contributed by atoms with Crippen LogP contribution < -0.4 is 16.0 Å². The molecule has 0 spiro atoms. The summed E-state index contributed by atoms with van der Waals surface area (Å²) in [4.78, 5) is 25.8. The Hall–Kier alpha value is -4.98. The number of carbonyl (C=O) groups is 1. The van der Waals surface area contributed by atoms with E-state index < -0.39 is 0 Å². The molecule has 3 N–H and O–H groups in total. The Labute approximate surface area is 202 Å². The van der Waals surface area contributed by atoms with E-state index in [-0.39, 0.29) is 5.91 Å². The second-order valence-electron chi connectivity index (χ2n) is 7.82. The van der Waals surface area contributed by atoms with Crippen LogP contribution >= 0.6 is 0 Å². The molecule has 0 saturated heterocycles. The minimum absolute atomic E-state index is 0.165. The monoisotopic (exact) mass is 461 g/mol. The van der Waals surface area contributed by atoms with Gasteiger partial charge in [-0.05, 0) is 79.7 Å². The Balaban J connectivity index is 1.22. The standard InChI is InChI=1S/C27H23N7O/c1-19-29-25(18-26(30-19)33-24-6-2-3-15-28-24)31-21-9-11-22(12-10-21)32-27(35)20-7-13-23(14-8-20)34-16-4-5-17-34/h2-18H,1H3,(H,32,35)(H2,28,29,30,31,33). The highest BCUT2D eigenvalue weighted by Crippen LogP contribution is 2.21. The van der Waals surface area contributed by atoms with Crippen molar-refractivity contribution in [3.63, 3.8) is 0 Å². The molecule has 3 heterocycles. The van der Waals surface area contributed by atoms with Crippen molar-refractivity contribution in [1.82, 2.24) is 19.5 Å². The number of nitrogens with zero attached hydrogens (tertiary/aromatic N) is 4. The number of aromatic nitrogens is 4. The van der Waals surface area contributed by atoms with Crippen molar-refractivity contribution in [3.05, 3.63) is 115 Å². The number of hydrogen-bond donors (Lipinski definition) is 3. The summed E-state index contributed by atoms with van der Waals surface area (Å²) in [5.74, 6) is 2.46. The zero-order chi connectivity index (χ0) is 24.0. The number of pyridine rings is 1. The fourth-order valence-corrected chi connectivity index (χ4v) is 3.54. The quantitative estimate of drug-likeness (QED) is 0.287. The summed E-state index contributed by atoms with van der Waals surface area (Å²) in [6.45, 7) is 1.83. The highest BCUT2D eigenvalue weighted by Gasteiger charge is 2.08. The number of aryl methyl sites for hydroxylation is 1. The Kier molecular flexibility index (Phi) is 6.17. The fourth-order valence-electron chi connectivity index (χ4n) is 3.54. The summed E-state index contributed by atoms with van der Waals surface area (Å²) < 4.78 is 1.99. The van der Waals surface area contributed by atoms with Gasteiger partial charge in [-0.15, -0.1) is 0 Å². The Bertz CT molecular complexity index is 1420. The molecule has 0 radical (unpaired) electrons. The molecule has 0 aliphatic rings. The average molecular weight is 462 g/mol. The van der Waals surface area contributed by atoms with Crippen LogP contribution in [0.25, 0.3) is 5.69 Å². The predicted octanol–water partition coefficient (Wildman–Crippen LogP) is 5.71. The van der Waals surface area contributed by atoms with E-state index in [1.165, 1.54) is 0 Å². The minimum atomic E-state index is -0.165. The van der Waals surface area contributed by atoms with Crippen LogP contribution in [0.5, 0.6) is 0 Å². The summed E-state index contributed by atoms with van der Waals surface area (Å²) >= 11 is 0. The molecule has 8 nitrogen and oxygen atoms in total. The number of carbonyl (C=O) groups excluding carboxylic acids is 1. The molecule has 0 aliphatic heterocycles. The highest BCUT2D eigenvalue weighted by molar-refractivity contribution is 6.04. The number of nitrogens with one attached hydrogen (secondary N) is 3. The number of anilines is 5. The topological polar surface area (TPSA) is 96.8 Å². The smallest absolute Gasteiger partial charge is 0.255 e. The van der Waals surface area contributed by atoms with E-state index in [2.05, 4.69) is 30.9 Å². The lowest BCUT2D eigenvalue weighted by atomic mass is 10.2. The van der Waals surface area contributed by atoms with Crippen LogP contribution in [-0.2, 0) is 0 Å². The van der Waals surface area contributed by atoms with E-state index in [4.69, 9.17) is 0 Å². The molecule has 0 aliphatic carbocycles. The van der Waals surface area contributed by atoms with E-state index in [0.29, 0.717) is 34.5 Å². The maximum Gasteiger partial charge on any atom is 0.255 e. The molecular weight excluding hydrogens is 438 g/mol. The Morgan fingerprint density at radius 3 is 2.11 bits per heavy atom. The van der Waals surface area contributed by atoms with Crippen LogP contribution in [0.15, 0.2) is 104 Å². The van der Waals surface area contributed by atoms with Crippen molar-refractivity contribution in [1.29, 1.82) is 0 Å². The van der Waals surface area contributed by atoms with E-state index in [1.807, 2.05) is 109 Å². The second-order valence-corrected chi connectivity index (χ2v) is 7.82. The van der Waals surface area contributed by atoms with Gasteiger partial charge >= 0.3 is 0 Å². The van der Waals surface area contributed by atoms with E-state index in [1.54, 1.807) is 6.20 Å². The first-order valence-corrected chi connectivity index (χ1v) is 11.1. The van der Waals surface area contributed by atoms with Gasteiger partial charge in [0.05, 0.1) is 0 Å². The molecule has 5 aromatic rings. The molecule has 0 bridgehead atoms. The molecule has 0 fully saturated rings. The van der Waals surface area contributed by atoms with Gasteiger partial charge in [-0.3, -0.25) is 4.79 Å². The molecule has 5 rings (SSSR count). The third kappa shape index (κ3) is 5.51. The molecule has 3 aromatic heterocycles. The molecule has 1 amide bonds. The van der Waals surface area contributed by atoms with Crippen molar-refractivity contribution in [2.75, 3.05) is 16.0 Å². The third-order valence-corrected chi connectivity index (χ3v) is 5.21. The minimum Gasteiger partial charge on any atom is -0.340 e. The lowest BCUT2D eigenvalue weighted by Gasteiger charge is -2.11. The van der Waals surface area contributed by atoms with Crippen LogP contribution in [0.1, 0.15) is 16.2 Å². The van der Waals surface area contributed by atoms with Crippen LogP contribution in [0, 0.1) is 6.92 Å². The normalized spacial score (nSPS) is 10.5. The van der Waals surface area contributed by atoms with Crippen molar-refractivity contribution >= 4 is 34.7 Å². The first-order valence-electron chi connectivity index (χ1n) is 11.1.